The Morgan fingerprint density at radius 1 is 1.12 bits per heavy atom. The van der Waals surface area contributed by atoms with Crippen LogP contribution in [0.25, 0.3) is 5.65 Å². The third-order valence-corrected chi connectivity index (χ3v) is 4.53. The number of hydrogen-bond acceptors (Lipinski definition) is 7. The van der Waals surface area contributed by atoms with Crippen LogP contribution in [0.15, 0.2) is 24.5 Å². The highest BCUT2D eigenvalue weighted by Gasteiger charge is 2.29. The first kappa shape index (κ1) is 16.7. The minimum Gasteiger partial charge on any atom is -0.354 e. The number of aromatic nitrogens is 6. The Kier molecular flexibility index (Phi) is 3.97. The molecule has 0 aromatic carbocycles. The second-order valence-electron chi connectivity index (χ2n) is 7.97. The summed E-state index contributed by atoms with van der Waals surface area (Å²) in [4.78, 5) is 10.8. The maximum absolute atomic E-state index is 4.76. The highest BCUT2D eigenvalue weighted by Crippen LogP contribution is 2.25. The molecule has 3 aromatic rings. The van der Waals surface area contributed by atoms with Crippen molar-refractivity contribution < 1.29 is 0 Å². The SMILES string of the molecule is Cc1cnc(NCC2CN(c3ccc4nnc(C(C)(C)C)n4n3)C2)nc1. The number of rotatable bonds is 4. The van der Waals surface area contributed by atoms with Crippen molar-refractivity contribution >= 4 is 17.4 Å². The average molecular weight is 352 g/mol. The van der Waals surface area contributed by atoms with E-state index in [0.29, 0.717) is 11.9 Å². The van der Waals surface area contributed by atoms with Crippen LogP contribution in [-0.2, 0) is 5.41 Å². The van der Waals surface area contributed by atoms with Gasteiger partial charge in [0.05, 0.1) is 0 Å². The topological polar surface area (TPSA) is 84.1 Å². The van der Waals surface area contributed by atoms with Crippen LogP contribution in [0.1, 0.15) is 32.2 Å². The van der Waals surface area contributed by atoms with Gasteiger partial charge >= 0.3 is 0 Å². The van der Waals surface area contributed by atoms with Gasteiger partial charge in [0.25, 0.3) is 0 Å². The largest absolute Gasteiger partial charge is 0.354 e. The number of nitrogens with zero attached hydrogens (tertiary/aromatic N) is 7. The first-order chi connectivity index (χ1) is 12.4. The summed E-state index contributed by atoms with van der Waals surface area (Å²) in [5, 5.41) is 16.6. The van der Waals surface area contributed by atoms with E-state index in [1.54, 1.807) is 0 Å². The van der Waals surface area contributed by atoms with Gasteiger partial charge in [-0.05, 0) is 24.6 Å². The second-order valence-corrected chi connectivity index (χ2v) is 7.97. The van der Waals surface area contributed by atoms with Gasteiger partial charge in [-0.2, -0.15) is 4.52 Å². The summed E-state index contributed by atoms with van der Waals surface area (Å²) in [6.45, 7) is 11.1. The molecule has 1 saturated heterocycles. The minimum atomic E-state index is -0.0967. The van der Waals surface area contributed by atoms with E-state index in [1.807, 2.05) is 36.0 Å². The fourth-order valence-electron chi connectivity index (χ4n) is 3.02. The van der Waals surface area contributed by atoms with Crippen LogP contribution in [0.2, 0.25) is 0 Å². The Morgan fingerprint density at radius 3 is 2.54 bits per heavy atom. The van der Waals surface area contributed by atoms with Crippen LogP contribution in [0, 0.1) is 12.8 Å². The molecule has 4 heterocycles. The lowest BCUT2D eigenvalue weighted by atomic mass is 9.96. The van der Waals surface area contributed by atoms with Gasteiger partial charge in [0, 0.05) is 43.4 Å². The van der Waals surface area contributed by atoms with Crippen molar-refractivity contribution in [3.05, 3.63) is 35.9 Å². The zero-order valence-electron chi connectivity index (χ0n) is 15.6. The molecule has 0 aliphatic carbocycles. The lowest BCUT2D eigenvalue weighted by Crippen LogP contribution is -2.50. The lowest BCUT2D eigenvalue weighted by Gasteiger charge is -2.40. The van der Waals surface area contributed by atoms with E-state index >= 15 is 0 Å². The predicted molar refractivity (Wildman–Crippen MR) is 100 cm³/mol. The van der Waals surface area contributed by atoms with E-state index < -0.39 is 0 Å². The van der Waals surface area contributed by atoms with Crippen LogP contribution >= 0.6 is 0 Å². The average Bonchev–Trinajstić information content (AvgIpc) is 2.98. The summed E-state index contributed by atoms with van der Waals surface area (Å²) in [5.74, 6) is 3.09. The van der Waals surface area contributed by atoms with Crippen molar-refractivity contribution in [2.45, 2.75) is 33.1 Å². The number of anilines is 2. The molecule has 0 bridgehead atoms. The van der Waals surface area contributed by atoms with Crippen LogP contribution in [0.5, 0.6) is 0 Å². The summed E-state index contributed by atoms with van der Waals surface area (Å²) in [7, 11) is 0. The van der Waals surface area contributed by atoms with Crippen molar-refractivity contribution in [3.63, 3.8) is 0 Å². The molecule has 0 amide bonds. The summed E-state index contributed by atoms with van der Waals surface area (Å²) >= 11 is 0. The molecule has 1 fully saturated rings. The highest BCUT2D eigenvalue weighted by atomic mass is 15.4. The van der Waals surface area contributed by atoms with E-state index in [0.717, 1.165) is 42.5 Å². The highest BCUT2D eigenvalue weighted by molar-refractivity contribution is 5.48. The molecule has 136 valence electrons. The molecule has 4 rings (SSSR count). The molecule has 1 N–H and O–H groups in total. The van der Waals surface area contributed by atoms with Gasteiger partial charge in [-0.3, -0.25) is 0 Å². The third-order valence-electron chi connectivity index (χ3n) is 4.53. The second kappa shape index (κ2) is 6.19. The van der Waals surface area contributed by atoms with E-state index in [-0.39, 0.29) is 5.41 Å². The minimum absolute atomic E-state index is 0.0967. The van der Waals surface area contributed by atoms with E-state index in [2.05, 4.69) is 51.2 Å². The first-order valence-corrected chi connectivity index (χ1v) is 8.90. The third kappa shape index (κ3) is 3.18. The normalized spacial score (nSPS) is 15.3. The maximum atomic E-state index is 4.76. The fourth-order valence-corrected chi connectivity index (χ4v) is 3.02. The monoisotopic (exact) mass is 352 g/mol. The molecule has 0 unspecified atom stereocenters. The number of aryl methyl sites for hydroxylation is 1. The van der Waals surface area contributed by atoms with Crippen LogP contribution < -0.4 is 10.2 Å². The number of fused-ring (bicyclic) bond motifs is 1. The van der Waals surface area contributed by atoms with Crippen molar-refractivity contribution in [2.75, 3.05) is 29.9 Å². The standard InChI is InChI=1S/C18H24N8/c1-12-7-19-17(20-8-12)21-9-13-10-25(11-13)15-6-5-14-22-23-16(18(2,3)4)26(14)24-15/h5-8,13H,9-11H2,1-4H3,(H,19,20,21). The fraction of sp³-hybridized carbons (Fsp3) is 0.500. The Morgan fingerprint density at radius 2 is 1.85 bits per heavy atom. The molecule has 1 aliphatic heterocycles. The zero-order valence-corrected chi connectivity index (χ0v) is 15.6. The Bertz CT molecular complexity index is 903. The molecule has 0 saturated carbocycles. The zero-order chi connectivity index (χ0) is 18.3. The Labute approximate surface area is 152 Å². The molecule has 0 radical (unpaired) electrons. The summed E-state index contributed by atoms with van der Waals surface area (Å²) in [5.41, 5.74) is 1.75. The summed E-state index contributed by atoms with van der Waals surface area (Å²) in [6, 6.07) is 4.00. The molecule has 1 aliphatic rings. The van der Waals surface area contributed by atoms with Gasteiger partial charge in [0.15, 0.2) is 11.5 Å². The molecular formula is C18H24N8. The van der Waals surface area contributed by atoms with E-state index in [9.17, 15) is 0 Å². The van der Waals surface area contributed by atoms with Crippen molar-refractivity contribution in [1.82, 2.24) is 29.8 Å². The van der Waals surface area contributed by atoms with Crippen LogP contribution in [0.4, 0.5) is 11.8 Å². The predicted octanol–water partition coefficient (Wildman–Crippen LogP) is 2.07. The summed E-state index contributed by atoms with van der Waals surface area (Å²) < 4.78 is 1.86. The smallest absolute Gasteiger partial charge is 0.222 e. The van der Waals surface area contributed by atoms with E-state index in [1.165, 1.54) is 0 Å². The molecule has 26 heavy (non-hydrogen) atoms. The Hall–Kier alpha value is -2.77. The molecule has 0 atom stereocenters. The summed E-state index contributed by atoms with van der Waals surface area (Å²) in [6.07, 6.45) is 3.65. The van der Waals surface area contributed by atoms with Gasteiger partial charge in [0.2, 0.25) is 5.95 Å². The Balaban J connectivity index is 1.40. The van der Waals surface area contributed by atoms with Gasteiger partial charge in [-0.15, -0.1) is 15.3 Å². The molecule has 8 heteroatoms. The van der Waals surface area contributed by atoms with Gasteiger partial charge in [0.1, 0.15) is 5.82 Å². The van der Waals surface area contributed by atoms with Crippen LogP contribution in [-0.4, -0.2) is 49.4 Å². The number of hydrogen-bond donors (Lipinski definition) is 1. The first-order valence-electron chi connectivity index (χ1n) is 8.90. The number of nitrogens with one attached hydrogen (secondary N) is 1. The quantitative estimate of drug-likeness (QED) is 0.769. The molecule has 8 nitrogen and oxygen atoms in total. The lowest BCUT2D eigenvalue weighted by molar-refractivity contribution is 0.423. The van der Waals surface area contributed by atoms with Crippen LogP contribution in [0.3, 0.4) is 0 Å². The van der Waals surface area contributed by atoms with Crippen molar-refractivity contribution in [1.29, 1.82) is 0 Å². The maximum Gasteiger partial charge on any atom is 0.222 e. The van der Waals surface area contributed by atoms with E-state index in [4.69, 9.17) is 5.10 Å². The van der Waals surface area contributed by atoms with Gasteiger partial charge < -0.3 is 10.2 Å². The van der Waals surface area contributed by atoms with Gasteiger partial charge in [-0.1, -0.05) is 20.8 Å². The molecule has 0 spiro atoms. The van der Waals surface area contributed by atoms with Crippen molar-refractivity contribution in [2.24, 2.45) is 5.92 Å². The molecule has 3 aromatic heterocycles. The van der Waals surface area contributed by atoms with Crippen molar-refractivity contribution in [3.8, 4) is 0 Å². The van der Waals surface area contributed by atoms with Gasteiger partial charge in [-0.25, -0.2) is 9.97 Å². The molecular weight excluding hydrogens is 328 g/mol.